The Morgan fingerprint density at radius 3 is 2.59 bits per heavy atom. The molecule has 0 bridgehead atoms. The molecule has 1 aromatic heterocycles. The summed E-state index contributed by atoms with van der Waals surface area (Å²) in [6.07, 6.45) is 2.98. The second kappa shape index (κ2) is 4.88. The minimum absolute atomic E-state index is 0.573. The zero-order valence-corrected chi connectivity index (χ0v) is 11.3. The van der Waals surface area contributed by atoms with Crippen molar-refractivity contribution in [1.29, 1.82) is 0 Å². The largest absolute Gasteiger partial charge is 0.337 e. The Kier molecular flexibility index (Phi) is 3.48. The lowest BCUT2D eigenvalue weighted by Crippen LogP contribution is -1.95. The van der Waals surface area contributed by atoms with Crippen LogP contribution in [0, 0.1) is 4.77 Å². The van der Waals surface area contributed by atoms with Crippen LogP contribution in [-0.2, 0) is 6.42 Å². The van der Waals surface area contributed by atoms with Crippen molar-refractivity contribution in [1.82, 2.24) is 9.97 Å². The van der Waals surface area contributed by atoms with Gasteiger partial charge in [-0.25, -0.2) is 0 Å². The first kappa shape index (κ1) is 12.1. The van der Waals surface area contributed by atoms with Crippen LogP contribution in [-0.4, -0.2) is 9.97 Å². The fourth-order valence-electron chi connectivity index (χ4n) is 2.13. The van der Waals surface area contributed by atoms with Crippen LogP contribution in [0.5, 0.6) is 0 Å². The minimum atomic E-state index is 0.573. The number of hydrogen-bond donors (Lipinski definition) is 2. The summed E-state index contributed by atoms with van der Waals surface area (Å²) >= 11 is 5.05. The summed E-state index contributed by atoms with van der Waals surface area (Å²) in [4.78, 5) is 6.15. The number of aromatic nitrogens is 2. The van der Waals surface area contributed by atoms with Crippen LogP contribution in [0.15, 0.2) is 24.4 Å². The summed E-state index contributed by atoms with van der Waals surface area (Å²) in [5.74, 6) is 0.573. The molecule has 0 saturated heterocycles. The highest BCUT2D eigenvalue weighted by Gasteiger charge is 2.07. The molecule has 0 aliphatic rings. The molecule has 1 heterocycles. The van der Waals surface area contributed by atoms with Gasteiger partial charge in [0.05, 0.1) is 5.69 Å². The highest BCUT2D eigenvalue weighted by Crippen LogP contribution is 2.25. The molecular formula is C14H18N2S. The van der Waals surface area contributed by atoms with E-state index in [-0.39, 0.29) is 0 Å². The average molecular weight is 246 g/mol. The molecule has 0 fully saturated rings. The second-order valence-electron chi connectivity index (χ2n) is 4.58. The van der Waals surface area contributed by atoms with Crippen molar-refractivity contribution in [2.75, 3.05) is 0 Å². The zero-order chi connectivity index (χ0) is 12.4. The molecule has 0 aliphatic carbocycles. The van der Waals surface area contributed by atoms with Crippen LogP contribution in [0.25, 0.3) is 11.3 Å². The summed E-state index contributed by atoms with van der Waals surface area (Å²) in [6.45, 7) is 6.67. The van der Waals surface area contributed by atoms with E-state index in [4.69, 9.17) is 12.2 Å². The third kappa shape index (κ3) is 2.50. The number of aromatic amines is 2. The number of imidazole rings is 1. The van der Waals surface area contributed by atoms with Crippen LogP contribution in [0.2, 0.25) is 0 Å². The lowest BCUT2D eigenvalue weighted by atomic mass is 9.93. The Balaban J connectivity index is 2.48. The zero-order valence-electron chi connectivity index (χ0n) is 10.5. The van der Waals surface area contributed by atoms with E-state index in [1.165, 1.54) is 16.7 Å². The Hall–Kier alpha value is -1.35. The van der Waals surface area contributed by atoms with Gasteiger partial charge in [0.2, 0.25) is 0 Å². The molecule has 90 valence electrons. The minimum Gasteiger partial charge on any atom is -0.337 e. The van der Waals surface area contributed by atoms with Gasteiger partial charge in [0.1, 0.15) is 0 Å². The fourth-order valence-corrected chi connectivity index (χ4v) is 2.30. The molecule has 0 aliphatic heterocycles. The van der Waals surface area contributed by atoms with Gasteiger partial charge in [-0.3, -0.25) is 0 Å². The van der Waals surface area contributed by atoms with Crippen molar-refractivity contribution in [3.05, 3.63) is 40.3 Å². The van der Waals surface area contributed by atoms with Crippen LogP contribution < -0.4 is 0 Å². The number of nitrogens with one attached hydrogen (secondary N) is 2. The van der Waals surface area contributed by atoms with Gasteiger partial charge < -0.3 is 9.97 Å². The fraction of sp³-hybridized carbons (Fsp3) is 0.357. The Morgan fingerprint density at radius 2 is 2.06 bits per heavy atom. The number of rotatable bonds is 3. The first-order valence-corrected chi connectivity index (χ1v) is 6.43. The van der Waals surface area contributed by atoms with Crippen molar-refractivity contribution in [3.63, 3.8) is 0 Å². The number of benzene rings is 1. The molecule has 0 saturated carbocycles. The maximum absolute atomic E-state index is 5.05. The number of hydrogen-bond acceptors (Lipinski definition) is 1. The van der Waals surface area contributed by atoms with Gasteiger partial charge in [0, 0.05) is 6.20 Å². The van der Waals surface area contributed by atoms with Gasteiger partial charge in [-0.15, -0.1) is 0 Å². The highest BCUT2D eigenvalue weighted by molar-refractivity contribution is 7.71. The monoisotopic (exact) mass is 246 g/mol. The Bertz CT molecular complexity index is 564. The van der Waals surface area contributed by atoms with E-state index < -0.39 is 0 Å². The van der Waals surface area contributed by atoms with Crippen LogP contribution >= 0.6 is 12.2 Å². The maximum atomic E-state index is 5.05. The van der Waals surface area contributed by atoms with E-state index in [1.807, 2.05) is 6.20 Å². The molecule has 2 N–H and O–H groups in total. The summed E-state index contributed by atoms with van der Waals surface area (Å²) < 4.78 is 0.672. The van der Waals surface area contributed by atoms with E-state index in [1.54, 1.807) is 0 Å². The molecule has 17 heavy (non-hydrogen) atoms. The predicted molar refractivity (Wildman–Crippen MR) is 74.9 cm³/mol. The smallest absolute Gasteiger partial charge is 0.174 e. The lowest BCUT2D eigenvalue weighted by Gasteiger charge is -2.12. The number of aryl methyl sites for hydroxylation is 1. The molecule has 2 nitrogen and oxygen atoms in total. The summed E-state index contributed by atoms with van der Waals surface area (Å²) in [6, 6.07) is 6.63. The van der Waals surface area contributed by atoms with Gasteiger partial charge in [-0.2, -0.15) is 0 Å². The van der Waals surface area contributed by atoms with E-state index in [2.05, 4.69) is 48.9 Å². The lowest BCUT2D eigenvalue weighted by molar-refractivity contribution is 0.844. The molecule has 0 spiro atoms. The molecule has 3 heteroatoms. The van der Waals surface area contributed by atoms with Crippen molar-refractivity contribution >= 4 is 12.2 Å². The van der Waals surface area contributed by atoms with Gasteiger partial charge in [0.25, 0.3) is 0 Å². The predicted octanol–water partition coefficient (Wildman–Crippen LogP) is 4.43. The van der Waals surface area contributed by atoms with Crippen molar-refractivity contribution in [2.24, 2.45) is 0 Å². The van der Waals surface area contributed by atoms with Crippen molar-refractivity contribution in [3.8, 4) is 11.3 Å². The van der Waals surface area contributed by atoms with E-state index in [9.17, 15) is 0 Å². The van der Waals surface area contributed by atoms with Gasteiger partial charge in [0.15, 0.2) is 4.77 Å². The summed E-state index contributed by atoms with van der Waals surface area (Å²) in [7, 11) is 0. The number of H-pyrrole nitrogens is 2. The summed E-state index contributed by atoms with van der Waals surface area (Å²) in [5.41, 5.74) is 5.10. The molecule has 0 atom stereocenters. The second-order valence-corrected chi connectivity index (χ2v) is 4.99. The average Bonchev–Trinajstić information content (AvgIpc) is 2.75. The SMILES string of the molecule is CCc1cc(-c2c[nH]c(=S)[nH]2)ccc1C(C)C. The van der Waals surface area contributed by atoms with Crippen LogP contribution in [0.4, 0.5) is 0 Å². The maximum Gasteiger partial charge on any atom is 0.174 e. The van der Waals surface area contributed by atoms with Gasteiger partial charge in [-0.1, -0.05) is 32.9 Å². The first-order chi connectivity index (χ1) is 8.11. The Labute approximate surface area is 107 Å². The summed E-state index contributed by atoms with van der Waals surface area (Å²) in [5, 5.41) is 0. The molecule has 2 aromatic rings. The van der Waals surface area contributed by atoms with Gasteiger partial charge >= 0.3 is 0 Å². The topological polar surface area (TPSA) is 31.6 Å². The molecule has 2 rings (SSSR count). The quantitative estimate of drug-likeness (QED) is 0.772. The Morgan fingerprint density at radius 1 is 1.29 bits per heavy atom. The third-order valence-electron chi connectivity index (χ3n) is 3.05. The molecule has 1 aromatic carbocycles. The molecule has 0 unspecified atom stereocenters. The van der Waals surface area contributed by atoms with E-state index in [0.717, 1.165) is 12.1 Å². The third-order valence-corrected chi connectivity index (χ3v) is 3.27. The van der Waals surface area contributed by atoms with Gasteiger partial charge in [-0.05, 0) is 47.3 Å². The molecular weight excluding hydrogens is 228 g/mol. The van der Waals surface area contributed by atoms with Crippen molar-refractivity contribution in [2.45, 2.75) is 33.1 Å². The van der Waals surface area contributed by atoms with E-state index in [0.29, 0.717) is 10.7 Å². The standard InChI is InChI=1S/C14H18N2S/c1-4-10-7-11(5-6-12(10)9(2)3)13-8-15-14(17)16-13/h5-9H,4H2,1-3H3,(H2,15,16,17). The van der Waals surface area contributed by atoms with Crippen molar-refractivity contribution < 1.29 is 0 Å². The normalized spacial score (nSPS) is 11.1. The molecule has 0 amide bonds. The first-order valence-electron chi connectivity index (χ1n) is 6.02. The van der Waals surface area contributed by atoms with Crippen LogP contribution in [0.1, 0.15) is 37.8 Å². The molecule has 0 radical (unpaired) electrons. The van der Waals surface area contributed by atoms with Crippen LogP contribution in [0.3, 0.4) is 0 Å². The highest BCUT2D eigenvalue weighted by atomic mass is 32.1. The van der Waals surface area contributed by atoms with E-state index >= 15 is 0 Å².